The third kappa shape index (κ3) is 5.49. The Balaban J connectivity index is 0.00000216. The largest absolute Gasteiger partial charge is 1.00 e. The Kier molecular flexibility index (Phi) is 9.71. The highest BCUT2D eigenvalue weighted by molar-refractivity contribution is 5.80. The van der Waals surface area contributed by atoms with Crippen LogP contribution in [0, 0.1) is 13.8 Å². The predicted octanol–water partition coefficient (Wildman–Crippen LogP) is -2.63. The van der Waals surface area contributed by atoms with Crippen LogP contribution in [0.5, 0.6) is 0 Å². The van der Waals surface area contributed by atoms with Crippen molar-refractivity contribution < 1.29 is 43.9 Å². The number of allylic oxidation sites excluding steroid dienone is 4. The standard InChI is InChI=1S/C29H36N4.2BrH/c1-9-22-20(7)26(11-24-18(5)16(3)14-30-24)32-28(22)13-29-23(10-2)21(8)27(33-29)12-25-19(6)17(4)15-31-25;;/h11-12,14-15,32-33H,9-10,13H2,1-8H3;2*1H. The topological polar surface area (TPSA) is 59.5 Å². The summed E-state index contributed by atoms with van der Waals surface area (Å²) in [6.07, 6.45) is 11.6. The molecular weight excluding hydrogens is 564 g/mol. The van der Waals surface area contributed by atoms with E-state index < -0.39 is 0 Å². The van der Waals surface area contributed by atoms with Crippen LogP contribution in [0.4, 0.5) is 0 Å². The monoisotopic (exact) mass is 600 g/mol. The van der Waals surface area contributed by atoms with Crippen LogP contribution in [0.1, 0.15) is 86.6 Å². The highest BCUT2D eigenvalue weighted by atomic mass is 79.9. The molecule has 0 fully saturated rings. The zero-order valence-electron chi connectivity index (χ0n) is 22.2. The van der Waals surface area contributed by atoms with Crippen LogP contribution < -0.4 is 43.9 Å². The molecule has 4 nitrogen and oxygen atoms in total. The van der Waals surface area contributed by atoms with Crippen LogP contribution in [0.3, 0.4) is 0 Å². The molecule has 0 radical (unpaired) electrons. The van der Waals surface area contributed by atoms with Gasteiger partial charge in [-0.2, -0.15) is 0 Å². The van der Waals surface area contributed by atoms with Crippen molar-refractivity contribution in [3.05, 3.63) is 78.7 Å². The Bertz CT molecular complexity index is 1210. The molecule has 0 bridgehead atoms. The minimum Gasteiger partial charge on any atom is -1.00 e. The van der Waals surface area contributed by atoms with Gasteiger partial charge in [0.15, 0.2) is 12.4 Å². The second kappa shape index (κ2) is 11.7. The van der Waals surface area contributed by atoms with Gasteiger partial charge in [-0.1, -0.05) is 13.8 Å². The molecule has 2 aliphatic heterocycles. The zero-order chi connectivity index (χ0) is 23.9. The molecule has 0 saturated carbocycles. The van der Waals surface area contributed by atoms with Crippen molar-refractivity contribution >= 4 is 24.6 Å². The van der Waals surface area contributed by atoms with E-state index in [2.05, 4.69) is 99.9 Å². The molecule has 0 atom stereocenters. The van der Waals surface area contributed by atoms with Crippen LogP contribution in [-0.4, -0.2) is 22.4 Å². The van der Waals surface area contributed by atoms with Crippen LogP contribution in [-0.2, 0) is 19.3 Å². The van der Waals surface area contributed by atoms with Crippen LogP contribution in [0.2, 0.25) is 0 Å². The molecule has 0 aliphatic carbocycles. The van der Waals surface area contributed by atoms with Crippen molar-refractivity contribution in [1.29, 1.82) is 0 Å². The fourth-order valence-corrected chi connectivity index (χ4v) is 4.98. The molecule has 0 unspecified atom stereocenters. The van der Waals surface area contributed by atoms with Gasteiger partial charge in [0, 0.05) is 63.6 Å². The van der Waals surface area contributed by atoms with E-state index in [1.807, 2.05) is 0 Å². The fourth-order valence-electron chi connectivity index (χ4n) is 4.98. The maximum atomic E-state index is 3.76. The summed E-state index contributed by atoms with van der Waals surface area (Å²) >= 11 is 0. The van der Waals surface area contributed by atoms with Crippen molar-refractivity contribution in [2.24, 2.45) is 0 Å². The van der Waals surface area contributed by atoms with E-state index in [0.717, 1.165) is 19.3 Å². The smallest absolute Gasteiger partial charge is 0.209 e. The first kappa shape index (κ1) is 29.1. The van der Waals surface area contributed by atoms with Crippen LogP contribution in [0.15, 0.2) is 33.7 Å². The minimum atomic E-state index is 0. The van der Waals surface area contributed by atoms with Crippen molar-refractivity contribution in [2.75, 3.05) is 0 Å². The first-order valence-electron chi connectivity index (χ1n) is 12.1. The maximum absolute atomic E-state index is 3.76. The van der Waals surface area contributed by atoms with Gasteiger partial charge < -0.3 is 43.9 Å². The van der Waals surface area contributed by atoms with E-state index in [1.54, 1.807) is 0 Å². The predicted molar refractivity (Wildman–Crippen MR) is 139 cm³/mol. The van der Waals surface area contributed by atoms with E-state index in [9.17, 15) is 0 Å². The van der Waals surface area contributed by atoms with E-state index in [0.29, 0.717) is 0 Å². The quantitative estimate of drug-likeness (QED) is 0.280. The Hall–Kier alpha value is -2.18. The Labute approximate surface area is 231 Å². The van der Waals surface area contributed by atoms with Crippen molar-refractivity contribution in [2.45, 2.75) is 74.7 Å². The lowest BCUT2D eigenvalue weighted by molar-refractivity contribution is -0.381. The normalized spacial score (nSPS) is 17.3. The van der Waals surface area contributed by atoms with Crippen LogP contribution >= 0.6 is 0 Å². The fraction of sp³-hybridized carbons (Fsp3) is 0.379. The first-order chi connectivity index (χ1) is 15.7. The van der Waals surface area contributed by atoms with E-state index >= 15 is 0 Å². The van der Waals surface area contributed by atoms with Crippen molar-refractivity contribution in [3.63, 3.8) is 0 Å². The van der Waals surface area contributed by atoms with E-state index in [-0.39, 0.29) is 34.0 Å². The van der Waals surface area contributed by atoms with E-state index in [1.165, 1.54) is 78.7 Å². The summed E-state index contributed by atoms with van der Waals surface area (Å²) in [4.78, 5) is 14.4. The third-order valence-corrected chi connectivity index (χ3v) is 7.53. The van der Waals surface area contributed by atoms with Crippen LogP contribution in [0.25, 0.3) is 12.2 Å². The van der Waals surface area contributed by atoms with Gasteiger partial charge in [-0.25, -0.2) is 9.98 Å². The summed E-state index contributed by atoms with van der Waals surface area (Å²) in [6.45, 7) is 17.7. The third-order valence-electron chi connectivity index (χ3n) is 7.53. The number of hydrogen-bond donors (Lipinski definition) is 4. The highest BCUT2D eigenvalue weighted by Crippen LogP contribution is 2.28. The first-order valence-corrected chi connectivity index (χ1v) is 12.1. The molecule has 4 rings (SSSR count). The summed E-state index contributed by atoms with van der Waals surface area (Å²) < 4.78 is 0. The van der Waals surface area contributed by atoms with Gasteiger partial charge in [-0.05, 0) is 76.6 Å². The van der Waals surface area contributed by atoms with Gasteiger partial charge in [0.1, 0.15) is 0 Å². The van der Waals surface area contributed by atoms with Crippen molar-refractivity contribution in [3.8, 4) is 0 Å². The van der Waals surface area contributed by atoms with Gasteiger partial charge in [0.2, 0.25) is 11.4 Å². The average Bonchev–Trinajstić information content (AvgIpc) is 3.47. The maximum Gasteiger partial charge on any atom is 0.209 e. The molecular formula is C29H38Br2N4. The molecule has 4 N–H and O–H groups in total. The van der Waals surface area contributed by atoms with Gasteiger partial charge in [0.25, 0.3) is 0 Å². The molecule has 0 aromatic carbocycles. The Morgan fingerprint density at radius 2 is 1.03 bits per heavy atom. The molecule has 4 heterocycles. The molecule has 2 aromatic rings. The SMILES string of the molecule is CCc1c(Cc2[nH]c(C=C3[NH+]=CC(C)=C3C)c(C)c2CC)[nH]c(C=C2[NH+]=CC(C)=C2C)c1C.[Br-].[Br-]. The number of aromatic amines is 2. The summed E-state index contributed by atoms with van der Waals surface area (Å²) in [5, 5.41) is 0. The lowest BCUT2D eigenvalue weighted by Gasteiger charge is -2.05. The second-order valence-electron chi connectivity index (χ2n) is 9.43. The lowest BCUT2D eigenvalue weighted by atomic mass is 10.0. The summed E-state index contributed by atoms with van der Waals surface area (Å²) in [7, 11) is 0. The number of nitrogens with one attached hydrogen (secondary N) is 4. The molecule has 2 aliphatic rings. The average molecular weight is 602 g/mol. The molecule has 35 heavy (non-hydrogen) atoms. The number of halogens is 2. The number of aromatic nitrogens is 2. The molecule has 0 spiro atoms. The number of H-pyrrole nitrogens is 2. The van der Waals surface area contributed by atoms with Gasteiger partial charge in [0.05, 0.1) is 0 Å². The Morgan fingerprint density at radius 3 is 1.31 bits per heavy atom. The Morgan fingerprint density at radius 1 is 0.657 bits per heavy atom. The minimum absolute atomic E-state index is 0. The highest BCUT2D eigenvalue weighted by Gasteiger charge is 2.21. The molecule has 6 heteroatoms. The van der Waals surface area contributed by atoms with E-state index in [4.69, 9.17) is 0 Å². The number of hydrogen-bond acceptors (Lipinski definition) is 0. The summed E-state index contributed by atoms with van der Waals surface area (Å²) in [5.41, 5.74) is 18.2. The second-order valence-corrected chi connectivity index (χ2v) is 9.43. The summed E-state index contributed by atoms with van der Waals surface area (Å²) in [5.74, 6) is 0. The van der Waals surface area contributed by atoms with Gasteiger partial charge in [-0.15, -0.1) is 0 Å². The summed E-state index contributed by atoms with van der Waals surface area (Å²) in [6, 6.07) is 0. The molecule has 0 saturated heterocycles. The molecule has 2 aromatic heterocycles. The van der Waals surface area contributed by atoms with Gasteiger partial charge >= 0.3 is 0 Å². The molecule has 0 amide bonds. The van der Waals surface area contributed by atoms with Gasteiger partial charge in [-0.3, -0.25) is 0 Å². The number of rotatable bonds is 6. The zero-order valence-corrected chi connectivity index (χ0v) is 25.4. The molecule has 188 valence electrons. The van der Waals surface area contributed by atoms with Crippen molar-refractivity contribution in [1.82, 2.24) is 9.97 Å². The lowest BCUT2D eigenvalue weighted by Crippen LogP contribution is -3.00.